The maximum absolute atomic E-state index is 11.2. The van der Waals surface area contributed by atoms with Gasteiger partial charge in [-0.2, -0.15) is 15.0 Å². The first-order valence-corrected chi connectivity index (χ1v) is 7.96. The third kappa shape index (κ3) is 3.83. The molecule has 0 bridgehead atoms. The molecule has 1 fully saturated rings. The maximum atomic E-state index is 11.2. The molecule has 0 saturated heterocycles. The highest BCUT2D eigenvalue weighted by atomic mass is 16.1. The van der Waals surface area contributed by atoms with Crippen molar-refractivity contribution >= 4 is 17.8 Å². The lowest BCUT2D eigenvalue weighted by molar-refractivity contribution is -0.114. The van der Waals surface area contributed by atoms with Gasteiger partial charge in [-0.15, -0.1) is 0 Å². The Morgan fingerprint density at radius 3 is 2.35 bits per heavy atom. The zero-order chi connectivity index (χ0) is 16.2. The van der Waals surface area contributed by atoms with Gasteiger partial charge in [0.05, 0.1) is 0 Å². The summed E-state index contributed by atoms with van der Waals surface area (Å²) in [5.41, 5.74) is 7.15. The van der Waals surface area contributed by atoms with Crippen molar-refractivity contribution < 1.29 is 4.79 Å². The van der Waals surface area contributed by atoms with E-state index in [2.05, 4.69) is 44.5 Å². The molecule has 1 amide bonds. The molecule has 1 aromatic heterocycles. The standard InChI is InChI=1S/C17H21N5O/c1-11(23)19-17-21-15(20-16(18)22-17)14-9-7-13(8-10-14)12-5-3-2-4-6-12/h2-6,13-14H,7-10H2,1H3,(H3,18,19,20,21,22,23). The minimum Gasteiger partial charge on any atom is -0.368 e. The van der Waals surface area contributed by atoms with Crippen LogP contribution in [0.5, 0.6) is 0 Å². The van der Waals surface area contributed by atoms with Crippen LogP contribution >= 0.6 is 0 Å². The van der Waals surface area contributed by atoms with Crippen LogP contribution in [0.2, 0.25) is 0 Å². The van der Waals surface area contributed by atoms with E-state index in [4.69, 9.17) is 5.73 Å². The highest BCUT2D eigenvalue weighted by Crippen LogP contribution is 2.39. The molecule has 1 heterocycles. The molecule has 120 valence electrons. The Labute approximate surface area is 135 Å². The van der Waals surface area contributed by atoms with Gasteiger partial charge in [0, 0.05) is 12.8 Å². The summed E-state index contributed by atoms with van der Waals surface area (Å²) in [6, 6.07) is 10.6. The van der Waals surface area contributed by atoms with Crippen molar-refractivity contribution in [2.24, 2.45) is 0 Å². The topological polar surface area (TPSA) is 93.8 Å². The van der Waals surface area contributed by atoms with Crippen molar-refractivity contribution in [1.29, 1.82) is 0 Å². The first kappa shape index (κ1) is 15.4. The Morgan fingerprint density at radius 2 is 1.70 bits per heavy atom. The molecule has 3 rings (SSSR count). The highest BCUT2D eigenvalue weighted by molar-refractivity contribution is 5.86. The molecule has 1 saturated carbocycles. The maximum Gasteiger partial charge on any atom is 0.234 e. The first-order chi connectivity index (χ1) is 11.1. The van der Waals surface area contributed by atoms with Crippen LogP contribution in [0, 0.1) is 0 Å². The predicted octanol–water partition coefficient (Wildman–Crippen LogP) is 2.85. The number of nitrogens with zero attached hydrogens (tertiary/aromatic N) is 3. The minimum atomic E-state index is -0.214. The molecule has 6 heteroatoms. The van der Waals surface area contributed by atoms with Crippen molar-refractivity contribution in [3.63, 3.8) is 0 Å². The molecule has 0 radical (unpaired) electrons. The number of benzene rings is 1. The minimum absolute atomic E-state index is 0.156. The third-order valence-electron chi connectivity index (χ3n) is 4.32. The molecule has 0 aliphatic heterocycles. The van der Waals surface area contributed by atoms with Gasteiger partial charge >= 0.3 is 0 Å². The number of carbonyl (C=O) groups excluding carboxylic acids is 1. The third-order valence-corrected chi connectivity index (χ3v) is 4.32. The Hall–Kier alpha value is -2.50. The van der Waals surface area contributed by atoms with Gasteiger partial charge in [0.15, 0.2) is 0 Å². The molecule has 2 aromatic rings. The van der Waals surface area contributed by atoms with E-state index < -0.39 is 0 Å². The molecule has 1 aliphatic carbocycles. The lowest BCUT2D eigenvalue weighted by atomic mass is 9.78. The van der Waals surface area contributed by atoms with Gasteiger partial charge in [-0.1, -0.05) is 30.3 Å². The van der Waals surface area contributed by atoms with Crippen LogP contribution < -0.4 is 11.1 Å². The molecule has 0 atom stereocenters. The molecule has 1 aromatic carbocycles. The average molecular weight is 311 g/mol. The smallest absolute Gasteiger partial charge is 0.234 e. The van der Waals surface area contributed by atoms with Crippen molar-refractivity contribution in [2.75, 3.05) is 11.1 Å². The fourth-order valence-electron chi connectivity index (χ4n) is 3.22. The van der Waals surface area contributed by atoms with Gasteiger partial charge in [0.2, 0.25) is 17.8 Å². The van der Waals surface area contributed by atoms with E-state index in [9.17, 15) is 4.79 Å². The molecular formula is C17H21N5O. The van der Waals surface area contributed by atoms with Crippen LogP contribution in [0.1, 0.15) is 55.8 Å². The number of anilines is 2. The summed E-state index contributed by atoms with van der Waals surface area (Å²) >= 11 is 0. The predicted molar refractivity (Wildman–Crippen MR) is 88.9 cm³/mol. The molecule has 0 unspecified atom stereocenters. The van der Waals surface area contributed by atoms with E-state index in [1.165, 1.54) is 12.5 Å². The molecule has 3 N–H and O–H groups in total. The SMILES string of the molecule is CC(=O)Nc1nc(N)nc(C2CCC(c3ccccc3)CC2)n1. The molecule has 1 aliphatic rings. The van der Waals surface area contributed by atoms with E-state index >= 15 is 0 Å². The number of nitrogens with one attached hydrogen (secondary N) is 1. The number of carbonyl (C=O) groups is 1. The number of nitrogen functional groups attached to an aromatic ring is 1. The Bertz CT molecular complexity index is 681. The van der Waals surface area contributed by atoms with E-state index in [0.29, 0.717) is 11.7 Å². The summed E-state index contributed by atoms with van der Waals surface area (Å²) in [6.45, 7) is 1.42. The second-order valence-corrected chi connectivity index (χ2v) is 6.02. The number of hydrogen-bond donors (Lipinski definition) is 2. The van der Waals surface area contributed by atoms with Gasteiger partial charge in [0.1, 0.15) is 5.82 Å². The van der Waals surface area contributed by atoms with Crippen molar-refractivity contribution in [3.05, 3.63) is 41.7 Å². The summed E-state index contributed by atoms with van der Waals surface area (Å²) in [4.78, 5) is 23.7. The van der Waals surface area contributed by atoms with E-state index in [1.807, 2.05) is 6.07 Å². The van der Waals surface area contributed by atoms with Crippen molar-refractivity contribution in [3.8, 4) is 0 Å². The van der Waals surface area contributed by atoms with E-state index in [-0.39, 0.29) is 23.7 Å². The van der Waals surface area contributed by atoms with Gasteiger partial charge in [-0.05, 0) is 37.2 Å². The number of amides is 1. The van der Waals surface area contributed by atoms with Crippen LogP contribution in [-0.4, -0.2) is 20.9 Å². The summed E-state index contributed by atoms with van der Waals surface area (Å²) in [7, 11) is 0. The van der Waals surface area contributed by atoms with Crippen LogP contribution in [0.25, 0.3) is 0 Å². The fraction of sp³-hybridized carbons (Fsp3) is 0.412. The van der Waals surface area contributed by atoms with Crippen LogP contribution in [0.15, 0.2) is 30.3 Å². The molecule has 23 heavy (non-hydrogen) atoms. The number of rotatable bonds is 3. The highest BCUT2D eigenvalue weighted by Gasteiger charge is 2.26. The monoisotopic (exact) mass is 311 g/mol. The number of nitrogens with two attached hydrogens (primary N) is 1. The zero-order valence-corrected chi connectivity index (χ0v) is 13.2. The zero-order valence-electron chi connectivity index (χ0n) is 13.2. The van der Waals surface area contributed by atoms with Crippen molar-refractivity contribution in [2.45, 2.75) is 44.4 Å². The summed E-state index contributed by atoms with van der Waals surface area (Å²) in [5.74, 6) is 1.74. The Balaban J connectivity index is 1.70. The lowest BCUT2D eigenvalue weighted by Crippen LogP contribution is -2.18. The van der Waals surface area contributed by atoms with E-state index in [1.54, 1.807) is 0 Å². The van der Waals surface area contributed by atoms with E-state index in [0.717, 1.165) is 25.7 Å². The largest absolute Gasteiger partial charge is 0.368 e. The van der Waals surface area contributed by atoms with Gasteiger partial charge in [-0.3, -0.25) is 10.1 Å². The normalized spacial score (nSPS) is 20.9. The number of aromatic nitrogens is 3. The van der Waals surface area contributed by atoms with Crippen LogP contribution in [-0.2, 0) is 4.79 Å². The Kier molecular flexibility index (Phi) is 4.50. The summed E-state index contributed by atoms with van der Waals surface area (Å²) in [6.07, 6.45) is 4.25. The second kappa shape index (κ2) is 6.73. The van der Waals surface area contributed by atoms with Gasteiger partial charge in [-0.25, -0.2) is 0 Å². The van der Waals surface area contributed by atoms with Gasteiger partial charge < -0.3 is 5.73 Å². The van der Waals surface area contributed by atoms with Crippen molar-refractivity contribution in [1.82, 2.24) is 15.0 Å². The Morgan fingerprint density at radius 1 is 1.04 bits per heavy atom. The summed E-state index contributed by atoms with van der Waals surface area (Å²) < 4.78 is 0. The van der Waals surface area contributed by atoms with Crippen LogP contribution in [0.4, 0.5) is 11.9 Å². The fourth-order valence-corrected chi connectivity index (χ4v) is 3.22. The first-order valence-electron chi connectivity index (χ1n) is 7.96. The van der Waals surface area contributed by atoms with Gasteiger partial charge in [0.25, 0.3) is 0 Å². The second-order valence-electron chi connectivity index (χ2n) is 6.02. The molecular weight excluding hydrogens is 290 g/mol. The summed E-state index contributed by atoms with van der Waals surface area (Å²) in [5, 5.41) is 2.58. The lowest BCUT2D eigenvalue weighted by Gasteiger charge is -2.28. The van der Waals surface area contributed by atoms with Crippen LogP contribution in [0.3, 0.4) is 0 Å². The molecule has 0 spiro atoms. The molecule has 6 nitrogen and oxygen atoms in total. The number of hydrogen-bond acceptors (Lipinski definition) is 5. The average Bonchev–Trinajstić information content (AvgIpc) is 2.55. The quantitative estimate of drug-likeness (QED) is 0.909.